The maximum absolute atomic E-state index is 5.37. The zero-order valence-electron chi connectivity index (χ0n) is 11.8. The van der Waals surface area contributed by atoms with Crippen LogP contribution in [0.1, 0.15) is 12.8 Å². The SMILES string of the molecule is COc1ccc2[nH]c(=S)n(CCCCn3ccnc3)c2n1. The number of imidazole rings is 2. The molecule has 0 aliphatic carbocycles. The minimum absolute atomic E-state index is 0.601. The lowest BCUT2D eigenvalue weighted by molar-refractivity contribution is 0.398. The van der Waals surface area contributed by atoms with Gasteiger partial charge in [-0.2, -0.15) is 4.98 Å². The Morgan fingerprint density at radius 1 is 1.29 bits per heavy atom. The number of aromatic amines is 1. The van der Waals surface area contributed by atoms with Gasteiger partial charge >= 0.3 is 0 Å². The summed E-state index contributed by atoms with van der Waals surface area (Å²) in [7, 11) is 1.62. The average molecular weight is 303 g/mol. The zero-order chi connectivity index (χ0) is 14.7. The van der Waals surface area contributed by atoms with E-state index in [4.69, 9.17) is 17.0 Å². The van der Waals surface area contributed by atoms with Crippen LogP contribution >= 0.6 is 12.2 Å². The van der Waals surface area contributed by atoms with Gasteiger partial charge in [-0.25, -0.2) is 4.98 Å². The Morgan fingerprint density at radius 2 is 2.14 bits per heavy atom. The van der Waals surface area contributed by atoms with E-state index in [1.54, 1.807) is 13.3 Å². The molecule has 0 saturated heterocycles. The predicted octanol–water partition coefficient (Wildman–Crippen LogP) is 2.78. The van der Waals surface area contributed by atoms with Crippen LogP contribution in [0.25, 0.3) is 11.2 Å². The van der Waals surface area contributed by atoms with E-state index in [1.165, 1.54) is 0 Å². The number of nitrogens with one attached hydrogen (secondary N) is 1. The molecule has 0 aliphatic rings. The number of nitrogens with zero attached hydrogens (tertiary/aromatic N) is 4. The molecule has 3 aromatic heterocycles. The molecule has 3 heterocycles. The van der Waals surface area contributed by atoms with Gasteiger partial charge < -0.3 is 18.9 Å². The van der Waals surface area contributed by atoms with Crippen LogP contribution in [0.15, 0.2) is 30.9 Å². The molecule has 3 aromatic rings. The molecule has 7 heteroatoms. The number of fused-ring (bicyclic) bond motifs is 1. The Kier molecular flexibility index (Phi) is 4.01. The maximum Gasteiger partial charge on any atom is 0.215 e. The van der Waals surface area contributed by atoms with Gasteiger partial charge in [0.15, 0.2) is 10.4 Å². The second-order valence-electron chi connectivity index (χ2n) is 4.81. The van der Waals surface area contributed by atoms with Crippen LogP contribution in [0.5, 0.6) is 5.88 Å². The highest BCUT2D eigenvalue weighted by molar-refractivity contribution is 7.71. The first-order chi connectivity index (χ1) is 10.3. The Bertz CT molecular complexity index is 774. The van der Waals surface area contributed by atoms with Crippen LogP contribution in [0.3, 0.4) is 0 Å². The summed E-state index contributed by atoms with van der Waals surface area (Å²) < 4.78 is 9.99. The molecule has 110 valence electrons. The molecule has 1 N–H and O–H groups in total. The summed E-state index contributed by atoms with van der Waals surface area (Å²) in [6, 6.07) is 3.77. The van der Waals surface area contributed by atoms with Crippen molar-refractivity contribution in [2.75, 3.05) is 7.11 Å². The second-order valence-corrected chi connectivity index (χ2v) is 5.20. The lowest BCUT2D eigenvalue weighted by Crippen LogP contribution is -2.02. The van der Waals surface area contributed by atoms with Crippen molar-refractivity contribution in [2.24, 2.45) is 0 Å². The van der Waals surface area contributed by atoms with Gasteiger partial charge in [0, 0.05) is 31.5 Å². The number of H-pyrrole nitrogens is 1. The minimum Gasteiger partial charge on any atom is -0.481 e. The third-order valence-corrected chi connectivity index (χ3v) is 3.73. The Labute approximate surface area is 127 Å². The fourth-order valence-electron chi connectivity index (χ4n) is 2.32. The van der Waals surface area contributed by atoms with Crippen LogP contribution in [-0.4, -0.2) is 31.2 Å². The van der Waals surface area contributed by atoms with E-state index in [0.717, 1.165) is 37.1 Å². The lowest BCUT2D eigenvalue weighted by Gasteiger charge is -2.05. The molecule has 0 radical (unpaired) electrons. The summed E-state index contributed by atoms with van der Waals surface area (Å²) in [6.45, 7) is 1.81. The van der Waals surface area contributed by atoms with E-state index in [2.05, 4.69) is 19.5 Å². The zero-order valence-corrected chi connectivity index (χ0v) is 12.6. The summed E-state index contributed by atoms with van der Waals surface area (Å²) >= 11 is 5.37. The first-order valence-corrected chi connectivity index (χ1v) is 7.28. The molecular formula is C14H17N5OS. The summed E-state index contributed by atoms with van der Waals surface area (Å²) in [5.74, 6) is 0.601. The number of unbranched alkanes of at least 4 members (excludes halogenated alkanes) is 1. The molecule has 0 aliphatic heterocycles. The van der Waals surface area contributed by atoms with Gasteiger partial charge in [0.25, 0.3) is 0 Å². The molecule has 0 fully saturated rings. The van der Waals surface area contributed by atoms with Gasteiger partial charge in [-0.1, -0.05) is 0 Å². The van der Waals surface area contributed by atoms with Gasteiger partial charge in [-0.05, 0) is 31.1 Å². The van der Waals surface area contributed by atoms with E-state index >= 15 is 0 Å². The number of hydrogen-bond acceptors (Lipinski definition) is 4. The highest BCUT2D eigenvalue weighted by atomic mass is 32.1. The molecule has 0 saturated carbocycles. The number of aromatic nitrogens is 5. The Hall–Kier alpha value is -2.15. The van der Waals surface area contributed by atoms with E-state index in [9.17, 15) is 0 Å². The first-order valence-electron chi connectivity index (χ1n) is 6.87. The number of pyridine rings is 1. The number of methoxy groups -OCH3 is 1. The van der Waals surface area contributed by atoms with Crippen LogP contribution < -0.4 is 4.74 Å². The molecule has 6 nitrogen and oxygen atoms in total. The molecule has 3 rings (SSSR count). The van der Waals surface area contributed by atoms with E-state index in [1.807, 2.05) is 29.2 Å². The van der Waals surface area contributed by atoms with Gasteiger partial charge in [0.2, 0.25) is 5.88 Å². The monoisotopic (exact) mass is 303 g/mol. The van der Waals surface area contributed by atoms with Crippen molar-refractivity contribution in [3.05, 3.63) is 35.6 Å². The van der Waals surface area contributed by atoms with E-state index in [-0.39, 0.29) is 0 Å². The van der Waals surface area contributed by atoms with Crippen molar-refractivity contribution in [3.63, 3.8) is 0 Å². The van der Waals surface area contributed by atoms with Gasteiger partial charge in [0.05, 0.1) is 19.0 Å². The fourth-order valence-corrected chi connectivity index (χ4v) is 2.61. The predicted molar refractivity (Wildman–Crippen MR) is 82.9 cm³/mol. The summed E-state index contributed by atoms with van der Waals surface area (Å²) in [5, 5.41) is 0. The summed E-state index contributed by atoms with van der Waals surface area (Å²) in [4.78, 5) is 11.7. The highest BCUT2D eigenvalue weighted by Crippen LogP contribution is 2.17. The van der Waals surface area contributed by atoms with Crippen molar-refractivity contribution in [3.8, 4) is 5.88 Å². The molecular weight excluding hydrogens is 286 g/mol. The number of aryl methyl sites for hydroxylation is 2. The normalized spacial score (nSPS) is 11.1. The van der Waals surface area contributed by atoms with Crippen LogP contribution in [0.4, 0.5) is 0 Å². The molecule has 0 atom stereocenters. The fraction of sp³-hybridized carbons (Fsp3) is 0.357. The van der Waals surface area contributed by atoms with Gasteiger partial charge in [-0.3, -0.25) is 0 Å². The molecule has 0 spiro atoms. The molecule has 0 bridgehead atoms. The number of rotatable bonds is 6. The van der Waals surface area contributed by atoms with Crippen molar-refractivity contribution in [1.29, 1.82) is 0 Å². The van der Waals surface area contributed by atoms with Crippen molar-refractivity contribution in [1.82, 2.24) is 24.1 Å². The van der Waals surface area contributed by atoms with Crippen LogP contribution in [0.2, 0.25) is 0 Å². The van der Waals surface area contributed by atoms with Crippen molar-refractivity contribution < 1.29 is 4.74 Å². The lowest BCUT2D eigenvalue weighted by atomic mass is 10.3. The molecule has 0 unspecified atom stereocenters. The Balaban J connectivity index is 1.71. The van der Waals surface area contributed by atoms with Crippen LogP contribution in [0, 0.1) is 4.77 Å². The van der Waals surface area contributed by atoms with E-state index in [0.29, 0.717) is 10.7 Å². The Morgan fingerprint density at radius 3 is 2.90 bits per heavy atom. The summed E-state index contributed by atoms with van der Waals surface area (Å²) in [5.41, 5.74) is 1.79. The van der Waals surface area contributed by atoms with E-state index < -0.39 is 0 Å². The highest BCUT2D eigenvalue weighted by Gasteiger charge is 2.07. The quantitative estimate of drug-likeness (QED) is 0.562. The number of hydrogen-bond donors (Lipinski definition) is 1. The van der Waals surface area contributed by atoms with Crippen molar-refractivity contribution >= 4 is 23.4 Å². The second kappa shape index (κ2) is 6.09. The third kappa shape index (κ3) is 2.97. The van der Waals surface area contributed by atoms with Crippen molar-refractivity contribution in [2.45, 2.75) is 25.9 Å². The maximum atomic E-state index is 5.37. The number of ether oxygens (including phenoxy) is 1. The molecule has 0 amide bonds. The minimum atomic E-state index is 0.601. The smallest absolute Gasteiger partial charge is 0.215 e. The average Bonchev–Trinajstić information content (AvgIpc) is 3.11. The largest absolute Gasteiger partial charge is 0.481 e. The van der Waals surface area contributed by atoms with Gasteiger partial charge in [-0.15, -0.1) is 0 Å². The molecule has 0 aromatic carbocycles. The molecule has 21 heavy (non-hydrogen) atoms. The third-order valence-electron chi connectivity index (χ3n) is 3.41. The van der Waals surface area contributed by atoms with Crippen LogP contribution in [-0.2, 0) is 13.1 Å². The first kappa shape index (κ1) is 13.8. The topological polar surface area (TPSA) is 60.7 Å². The summed E-state index contributed by atoms with van der Waals surface area (Å²) in [6.07, 6.45) is 7.70. The van der Waals surface area contributed by atoms with Gasteiger partial charge in [0.1, 0.15) is 0 Å². The standard InChI is InChI=1S/C14H17N5OS/c1-20-12-5-4-11-13(17-12)19(14(21)16-11)8-3-2-7-18-9-6-15-10-18/h4-6,9-10H,2-3,7-8H2,1H3,(H,16,21).